The van der Waals surface area contributed by atoms with Crippen LogP contribution in [0.25, 0.3) is 0 Å². The molecule has 1 fully saturated rings. The minimum Gasteiger partial charge on any atom is -0.344 e. The zero-order chi connectivity index (χ0) is 13.5. The van der Waals surface area contributed by atoms with Gasteiger partial charge in [0.25, 0.3) is 0 Å². The lowest BCUT2D eigenvalue weighted by Crippen LogP contribution is -2.25. The molecule has 18 heavy (non-hydrogen) atoms. The summed E-state index contributed by atoms with van der Waals surface area (Å²) >= 11 is 0. The van der Waals surface area contributed by atoms with E-state index in [9.17, 15) is 4.79 Å². The molecule has 1 heterocycles. The van der Waals surface area contributed by atoms with Crippen molar-refractivity contribution in [3.05, 3.63) is 35.4 Å². The second-order valence-corrected chi connectivity index (χ2v) is 5.21. The molecule has 1 amide bonds. The molecule has 100 valence electrons. The number of rotatable bonds is 2. The van der Waals surface area contributed by atoms with Gasteiger partial charge in [-0.2, -0.15) is 0 Å². The van der Waals surface area contributed by atoms with Crippen molar-refractivity contribution in [3.63, 3.8) is 0 Å². The number of carbonyl (C=O) groups is 1. The third kappa shape index (κ3) is 4.88. The maximum atomic E-state index is 10.0. The van der Waals surface area contributed by atoms with Crippen molar-refractivity contribution in [2.45, 2.75) is 39.2 Å². The van der Waals surface area contributed by atoms with Gasteiger partial charge in [-0.1, -0.05) is 43.7 Å². The summed E-state index contributed by atoms with van der Waals surface area (Å²) in [4.78, 5) is 11.7. The number of nitrogens with zero attached hydrogens (tertiary/aromatic N) is 1. The van der Waals surface area contributed by atoms with Crippen LogP contribution in [-0.4, -0.2) is 30.4 Å². The summed E-state index contributed by atoms with van der Waals surface area (Å²) in [5, 5.41) is 0. The van der Waals surface area contributed by atoms with Crippen molar-refractivity contribution in [3.8, 4) is 0 Å². The van der Waals surface area contributed by atoms with Gasteiger partial charge in [-0.15, -0.1) is 0 Å². The largest absolute Gasteiger partial charge is 0.344 e. The minimum absolute atomic E-state index is 0.222. The Bertz CT molecular complexity index is 359. The van der Waals surface area contributed by atoms with Crippen molar-refractivity contribution in [1.82, 2.24) is 4.90 Å². The van der Waals surface area contributed by atoms with E-state index in [0.29, 0.717) is 5.92 Å². The molecule has 1 saturated heterocycles. The van der Waals surface area contributed by atoms with Crippen LogP contribution in [0.15, 0.2) is 24.3 Å². The normalized spacial score (nSPS) is 18.5. The van der Waals surface area contributed by atoms with E-state index < -0.39 is 0 Å². The number of hydrogen-bond donors (Lipinski definition) is 1. The summed E-state index contributed by atoms with van der Waals surface area (Å²) in [5.41, 5.74) is 8.26. The summed E-state index contributed by atoms with van der Waals surface area (Å²) in [6.07, 6.45) is 1.81. The molecule has 0 spiro atoms. The Balaban J connectivity index is 0.000000184. The molecule has 0 aromatic heterocycles. The average molecular weight is 248 g/mol. The molecular weight excluding hydrogens is 224 g/mol. The number of likely N-dealkylation sites (tertiary alicyclic amines) is 1. The highest BCUT2D eigenvalue weighted by Crippen LogP contribution is 2.13. The van der Waals surface area contributed by atoms with E-state index >= 15 is 0 Å². The average Bonchev–Trinajstić information content (AvgIpc) is 2.76. The number of amides is 1. The van der Waals surface area contributed by atoms with Gasteiger partial charge in [0.1, 0.15) is 0 Å². The van der Waals surface area contributed by atoms with Crippen LogP contribution in [0, 0.1) is 6.92 Å². The van der Waals surface area contributed by atoms with E-state index in [0.717, 1.165) is 25.9 Å². The molecule has 1 aromatic rings. The van der Waals surface area contributed by atoms with E-state index in [4.69, 9.17) is 5.73 Å². The SMILES string of the molecule is Cc1ccc(C(C)C)cc1.NC1CCN(C=O)C1. The molecule has 1 unspecified atom stereocenters. The van der Waals surface area contributed by atoms with Crippen molar-refractivity contribution >= 4 is 6.41 Å². The molecule has 1 aliphatic heterocycles. The fourth-order valence-electron chi connectivity index (χ4n) is 1.86. The van der Waals surface area contributed by atoms with E-state index in [1.165, 1.54) is 11.1 Å². The topological polar surface area (TPSA) is 46.3 Å². The van der Waals surface area contributed by atoms with Gasteiger partial charge in [0.2, 0.25) is 6.41 Å². The smallest absolute Gasteiger partial charge is 0.209 e. The van der Waals surface area contributed by atoms with Crippen molar-refractivity contribution in [1.29, 1.82) is 0 Å². The van der Waals surface area contributed by atoms with Crippen LogP contribution in [-0.2, 0) is 4.79 Å². The highest BCUT2D eigenvalue weighted by Gasteiger charge is 2.15. The van der Waals surface area contributed by atoms with Gasteiger partial charge in [-0.25, -0.2) is 0 Å². The second-order valence-electron chi connectivity index (χ2n) is 5.21. The Hall–Kier alpha value is -1.35. The van der Waals surface area contributed by atoms with E-state index in [1.807, 2.05) is 0 Å². The fourth-order valence-corrected chi connectivity index (χ4v) is 1.86. The Morgan fingerprint density at radius 3 is 2.28 bits per heavy atom. The minimum atomic E-state index is 0.222. The zero-order valence-corrected chi connectivity index (χ0v) is 11.6. The summed E-state index contributed by atoms with van der Waals surface area (Å²) in [5.74, 6) is 0.653. The van der Waals surface area contributed by atoms with Crippen LogP contribution in [0.1, 0.15) is 37.3 Å². The van der Waals surface area contributed by atoms with Crippen molar-refractivity contribution in [2.24, 2.45) is 5.73 Å². The van der Waals surface area contributed by atoms with E-state index in [2.05, 4.69) is 45.0 Å². The van der Waals surface area contributed by atoms with Crippen LogP contribution < -0.4 is 5.73 Å². The lowest BCUT2D eigenvalue weighted by molar-refractivity contribution is -0.117. The van der Waals surface area contributed by atoms with Gasteiger partial charge in [0.05, 0.1) is 0 Å². The molecule has 0 saturated carbocycles. The maximum Gasteiger partial charge on any atom is 0.209 e. The molecule has 0 aliphatic carbocycles. The van der Waals surface area contributed by atoms with Crippen LogP contribution >= 0.6 is 0 Å². The molecule has 2 N–H and O–H groups in total. The first-order valence-electron chi connectivity index (χ1n) is 6.54. The van der Waals surface area contributed by atoms with Gasteiger partial charge in [-0.05, 0) is 24.8 Å². The first-order chi connectivity index (χ1) is 8.52. The Morgan fingerprint density at radius 2 is 1.94 bits per heavy atom. The van der Waals surface area contributed by atoms with Crippen LogP contribution in [0.2, 0.25) is 0 Å². The molecular formula is C15H24N2O. The Morgan fingerprint density at radius 1 is 1.33 bits per heavy atom. The van der Waals surface area contributed by atoms with Crippen molar-refractivity contribution in [2.75, 3.05) is 13.1 Å². The fraction of sp³-hybridized carbons (Fsp3) is 0.533. The second kappa shape index (κ2) is 7.17. The molecule has 0 radical (unpaired) electrons. The molecule has 1 aromatic carbocycles. The molecule has 3 nitrogen and oxygen atoms in total. The van der Waals surface area contributed by atoms with E-state index in [-0.39, 0.29) is 6.04 Å². The lowest BCUT2D eigenvalue weighted by atomic mass is 10.0. The number of carbonyl (C=O) groups excluding carboxylic acids is 1. The van der Waals surface area contributed by atoms with E-state index in [1.54, 1.807) is 4.90 Å². The number of benzene rings is 1. The third-order valence-electron chi connectivity index (χ3n) is 3.15. The van der Waals surface area contributed by atoms with Gasteiger partial charge >= 0.3 is 0 Å². The first-order valence-corrected chi connectivity index (χ1v) is 6.54. The highest BCUT2D eigenvalue weighted by atomic mass is 16.1. The molecule has 2 rings (SSSR count). The Kier molecular flexibility index (Phi) is 5.86. The maximum absolute atomic E-state index is 10.0. The number of aryl methyl sites for hydroxylation is 1. The van der Waals surface area contributed by atoms with Crippen LogP contribution in [0.5, 0.6) is 0 Å². The summed E-state index contributed by atoms with van der Waals surface area (Å²) in [6.45, 7) is 8.12. The van der Waals surface area contributed by atoms with Gasteiger partial charge in [-0.3, -0.25) is 4.79 Å². The van der Waals surface area contributed by atoms with Crippen LogP contribution in [0.3, 0.4) is 0 Å². The Labute approximate surface area is 110 Å². The summed E-state index contributed by atoms with van der Waals surface area (Å²) in [6, 6.07) is 8.94. The van der Waals surface area contributed by atoms with Gasteiger partial charge in [0, 0.05) is 19.1 Å². The standard InChI is InChI=1S/C10H14.C5H10N2O/c1-8(2)10-6-4-9(3)5-7-10;6-5-1-2-7(3-5)4-8/h4-8H,1-3H3;4-5H,1-3,6H2. The van der Waals surface area contributed by atoms with Crippen LogP contribution in [0.4, 0.5) is 0 Å². The van der Waals surface area contributed by atoms with Gasteiger partial charge < -0.3 is 10.6 Å². The van der Waals surface area contributed by atoms with Gasteiger partial charge in [0.15, 0.2) is 0 Å². The zero-order valence-electron chi connectivity index (χ0n) is 11.6. The highest BCUT2D eigenvalue weighted by molar-refractivity contribution is 5.47. The summed E-state index contributed by atoms with van der Waals surface area (Å²) in [7, 11) is 0. The summed E-state index contributed by atoms with van der Waals surface area (Å²) < 4.78 is 0. The predicted molar refractivity (Wildman–Crippen MR) is 75.5 cm³/mol. The first kappa shape index (κ1) is 14.7. The number of hydrogen-bond acceptors (Lipinski definition) is 2. The molecule has 3 heteroatoms. The van der Waals surface area contributed by atoms with Crippen molar-refractivity contribution < 1.29 is 4.79 Å². The molecule has 1 atom stereocenters. The molecule has 1 aliphatic rings. The number of nitrogens with two attached hydrogens (primary N) is 1. The lowest BCUT2D eigenvalue weighted by Gasteiger charge is -2.04. The monoisotopic (exact) mass is 248 g/mol. The predicted octanol–water partition coefficient (Wildman–Crippen LogP) is 2.29. The third-order valence-corrected chi connectivity index (χ3v) is 3.15. The molecule has 0 bridgehead atoms. The quantitative estimate of drug-likeness (QED) is 0.816.